The Labute approximate surface area is 172 Å². The molecular formula is C22H22FNO6. The Kier molecular flexibility index (Phi) is 4.55. The van der Waals surface area contributed by atoms with Crippen LogP contribution in [0.15, 0.2) is 54.6 Å². The van der Waals surface area contributed by atoms with Crippen LogP contribution in [0.5, 0.6) is 5.75 Å². The van der Waals surface area contributed by atoms with Gasteiger partial charge in [-0.3, -0.25) is 9.69 Å². The first-order valence-corrected chi connectivity index (χ1v) is 9.83. The zero-order valence-corrected chi connectivity index (χ0v) is 16.5. The van der Waals surface area contributed by atoms with Gasteiger partial charge in [-0.05, 0) is 50.2 Å². The van der Waals surface area contributed by atoms with Gasteiger partial charge in [0, 0.05) is 5.69 Å². The van der Waals surface area contributed by atoms with Gasteiger partial charge in [-0.15, -0.1) is 0 Å². The molecule has 158 valence electrons. The number of para-hydroxylation sites is 1. The number of carbonyl (C=O) groups excluding carboxylic acids is 1. The van der Waals surface area contributed by atoms with E-state index in [0.717, 1.165) is 0 Å². The summed E-state index contributed by atoms with van der Waals surface area (Å²) in [6, 6.07) is 13.9. The second-order valence-electron chi connectivity index (χ2n) is 8.09. The number of aliphatic hydroxyl groups excluding tert-OH is 1. The van der Waals surface area contributed by atoms with Crippen LogP contribution in [0.25, 0.3) is 0 Å². The van der Waals surface area contributed by atoms with Crippen LogP contribution in [0.4, 0.5) is 10.1 Å². The minimum atomic E-state index is -1.03. The highest BCUT2D eigenvalue weighted by Crippen LogP contribution is 2.43. The van der Waals surface area contributed by atoms with Crippen molar-refractivity contribution in [2.75, 3.05) is 4.90 Å². The number of hydrogen-bond acceptors (Lipinski definition) is 6. The molecule has 1 amide bonds. The van der Waals surface area contributed by atoms with Crippen LogP contribution in [0.3, 0.4) is 0 Å². The number of halogens is 1. The van der Waals surface area contributed by atoms with Gasteiger partial charge in [-0.1, -0.05) is 18.2 Å². The predicted octanol–water partition coefficient (Wildman–Crippen LogP) is 2.23. The minimum Gasteiger partial charge on any atom is -0.478 e. The summed E-state index contributed by atoms with van der Waals surface area (Å²) >= 11 is 0. The zero-order chi connectivity index (χ0) is 21.0. The standard InChI is InChI=1S/C22H22FNO6/c1-22(2)29-19-16(25)17(28-21(19)30-22)15-18(27-14-6-4-3-5-7-14)20(26)24(15)13-10-8-12(23)9-11-13/h3-11,15-19,21,25H,1-2H3/t15-,16+,17-,18+,19-,21-/m1/s1. The van der Waals surface area contributed by atoms with Crippen LogP contribution in [0, 0.1) is 5.82 Å². The quantitative estimate of drug-likeness (QED) is 0.772. The van der Waals surface area contributed by atoms with Crippen molar-refractivity contribution in [3.63, 3.8) is 0 Å². The lowest BCUT2D eigenvalue weighted by molar-refractivity contribution is -0.221. The summed E-state index contributed by atoms with van der Waals surface area (Å²) in [6.45, 7) is 3.49. The lowest BCUT2D eigenvalue weighted by Crippen LogP contribution is -2.73. The molecule has 3 heterocycles. The number of benzene rings is 2. The number of fused-ring (bicyclic) bond motifs is 1. The highest BCUT2D eigenvalue weighted by molar-refractivity contribution is 6.05. The Balaban J connectivity index is 1.44. The summed E-state index contributed by atoms with van der Waals surface area (Å²) in [5.74, 6) is -1.05. The van der Waals surface area contributed by atoms with Gasteiger partial charge in [-0.2, -0.15) is 0 Å². The molecule has 7 nitrogen and oxygen atoms in total. The van der Waals surface area contributed by atoms with E-state index in [1.807, 2.05) is 6.07 Å². The molecule has 0 unspecified atom stereocenters. The molecule has 0 radical (unpaired) electrons. The van der Waals surface area contributed by atoms with Gasteiger partial charge in [0.1, 0.15) is 35.9 Å². The summed E-state index contributed by atoms with van der Waals surface area (Å²) in [5.41, 5.74) is 0.495. The molecule has 3 saturated heterocycles. The Morgan fingerprint density at radius 1 is 1.03 bits per heavy atom. The largest absolute Gasteiger partial charge is 0.478 e. The summed E-state index contributed by atoms with van der Waals surface area (Å²) in [4.78, 5) is 14.4. The number of amides is 1. The Hall–Kier alpha value is -2.52. The molecule has 0 bridgehead atoms. The maximum absolute atomic E-state index is 13.4. The second kappa shape index (κ2) is 7.02. The smallest absolute Gasteiger partial charge is 0.270 e. The molecule has 3 aliphatic heterocycles. The molecule has 6 atom stereocenters. The molecular weight excluding hydrogens is 393 g/mol. The van der Waals surface area contributed by atoms with Crippen LogP contribution in [0.1, 0.15) is 13.8 Å². The van der Waals surface area contributed by atoms with Crippen molar-refractivity contribution >= 4 is 11.6 Å². The van der Waals surface area contributed by atoms with Crippen molar-refractivity contribution in [3.05, 3.63) is 60.4 Å². The summed E-state index contributed by atoms with van der Waals surface area (Å²) in [6.07, 6.45) is -4.12. The lowest BCUT2D eigenvalue weighted by Gasteiger charge is -2.49. The van der Waals surface area contributed by atoms with E-state index in [1.54, 1.807) is 38.1 Å². The van der Waals surface area contributed by atoms with Crippen LogP contribution in [-0.2, 0) is 19.0 Å². The topological polar surface area (TPSA) is 77.5 Å². The maximum atomic E-state index is 13.4. The zero-order valence-electron chi connectivity index (χ0n) is 16.5. The lowest BCUT2D eigenvalue weighted by atomic mass is 9.88. The fourth-order valence-electron chi connectivity index (χ4n) is 4.27. The highest BCUT2D eigenvalue weighted by Gasteiger charge is 2.63. The van der Waals surface area contributed by atoms with Crippen LogP contribution in [0.2, 0.25) is 0 Å². The fraction of sp³-hybridized carbons (Fsp3) is 0.409. The van der Waals surface area contributed by atoms with E-state index in [9.17, 15) is 14.3 Å². The molecule has 0 aromatic heterocycles. The van der Waals surface area contributed by atoms with Gasteiger partial charge < -0.3 is 24.1 Å². The van der Waals surface area contributed by atoms with Crippen molar-refractivity contribution in [2.24, 2.45) is 0 Å². The average molecular weight is 415 g/mol. The second-order valence-corrected chi connectivity index (χ2v) is 8.09. The van der Waals surface area contributed by atoms with Crippen molar-refractivity contribution in [1.82, 2.24) is 0 Å². The van der Waals surface area contributed by atoms with Crippen LogP contribution < -0.4 is 9.64 Å². The van der Waals surface area contributed by atoms with Crippen LogP contribution >= 0.6 is 0 Å². The predicted molar refractivity (Wildman–Crippen MR) is 103 cm³/mol. The third-order valence-corrected chi connectivity index (χ3v) is 5.59. The molecule has 30 heavy (non-hydrogen) atoms. The molecule has 3 fully saturated rings. The molecule has 3 aliphatic rings. The Morgan fingerprint density at radius 3 is 2.40 bits per heavy atom. The number of nitrogens with zero attached hydrogens (tertiary/aromatic N) is 1. The van der Waals surface area contributed by atoms with E-state index in [4.69, 9.17) is 18.9 Å². The molecule has 0 saturated carbocycles. The maximum Gasteiger partial charge on any atom is 0.270 e. The molecule has 2 aromatic carbocycles. The van der Waals surface area contributed by atoms with E-state index in [2.05, 4.69) is 0 Å². The number of ether oxygens (including phenoxy) is 4. The monoisotopic (exact) mass is 415 g/mol. The number of carbonyl (C=O) groups is 1. The van der Waals surface area contributed by atoms with Crippen molar-refractivity contribution in [1.29, 1.82) is 0 Å². The van der Waals surface area contributed by atoms with Gasteiger partial charge in [0.25, 0.3) is 5.91 Å². The third-order valence-electron chi connectivity index (χ3n) is 5.59. The SMILES string of the molecule is CC1(C)O[C@H]2O[C@H]([C@@H]3[C@H](Oc4ccccc4)C(=O)N3c3ccc(F)cc3)[C@H](O)[C@H]2O1. The van der Waals surface area contributed by atoms with Gasteiger partial charge >= 0.3 is 0 Å². The van der Waals surface area contributed by atoms with Crippen LogP contribution in [-0.4, -0.2) is 53.5 Å². The van der Waals surface area contributed by atoms with E-state index in [0.29, 0.717) is 11.4 Å². The number of anilines is 1. The molecule has 0 aliphatic carbocycles. The van der Waals surface area contributed by atoms with Gasteiger partial charge in [0.05, 0.1) is 0 Å². The minimum absolute atomic E-state index is 0.300. The first-order chi connectivity index (χ1) is 14.3. The average Bonchev–Trinajstić information content (AvgIpc) is 3.18. The number of β-lactam (4-membered cyclic amide) rings is 1. The normalized spacial score (nSPS) is 34.5. The molecule has 8 heteroatoms. The van der Waals surface area contributed by atoms with E-state index >= 15 is 0 Å². The summed E-state index contributed by atoms with van der Waals surface area (Å²) in [5, 5.41) is 10.9. The third kappa shape index (κ3) is 3.16. The number of rotatable bonds is 4. The molecule has 1 N–H and O–H groups in total. The fourth-order valence-corrected chi connectivity index (χ4v) is 4.27. The van der Waals surface area contributed by atoms with Gasteiger partial charge in [-0.25, -0.2) is 4.39 Å². The van der Waals surface area contributed by atoms with E-state index in [1.165, 1.54) is 29.2 Å². The van der Waals surface area contributed by atoms with Gasteiger partial charge in [0.15, 0.2) is 12.1 Å². The first kappa shape index (κ1) is 19.4. The summed E-state index contributed by atoms with van der Waals surface area (Å²) < 4.78 is 36.8. The van der Waals surface area contributed by atoms with Gasteiger partial charge in [0.2, 0.25) is 6.10 Å². The van der Waals surface area contributed by atoms with Crippen molar-refractivity contribution in [3.8, 4) is 5.75 Å². The summed E-state index contributed by atoms with van der Waals surface area (Å²) in [7, 11) is 0. The first-order valence-electron chi connectivity index (χ1n) is 9.83. The molecule has 2 aromatic rings. The van der Waals surface area contributed by atoms with Crippen molar-refractivity contribution < 1.29 is 33.2 Å². The van der Waals surface area contributed by atoms with E-state index < -0.39 is 48.4 Å². The Bertz CT molecular complexity index is 936. The molecule has 5 rings (SSSR count). The van der Waals surface area contributed by atoms with Crippen molar-refractivity contribution in [2.45, 2.75) is 56.4 Å². The number of hydrogen-bond donors (Lipinski definition) is 1. The highest BCUT2D eigenvalue weighted by atomic mass is 19.1. The van der Waals surface area contributed by atoms with E-state index in [-0.39, 0.29) is 5.91 Å². The number of aliphatic hydroxyl groups is 1. The Morgan fingerprint density at radius 2 is 1.73 bits per heavy atom. The molecule has 0 spiro atoms.